The number of amides is 1. The molecule has 0 saturated carbocycles. The van der Waals surface area contributed by atoms with Crippen molar-refractivity contribution in [3.8, 4) is 0 Å². The molecule has 0 rings (SSSR count). The molecule has 0 radical (unpaired) electrons. The highest BCUT2D eigenvalue weighted by Gasteiger charge is 2.29. The molecule has 0 unspecified atom stereocenters. The van der Waals surface area contributed by atoms with Crippen molar-refractivity contribution in [2.24, 2.45) is 0 Å². The summed E-state index contributed by atoms with van der Waals surface area (Å²) in [6.45, 7) is 7.64. The zero-order valence-corrected chi connectivity index (χ0v) is 14.0. The second kappa shape index (κ2) is 11.3. The van der Waals surface area contributed by atoms with Gasteiger partial charge < -0.3 is 18.7 Å². The summed E-state index contributed by atoms with van der Waals surface area (Å²) in [5.74, 6) is -0.208. The summed E-state index contributed by atoms with van der Waals surface area (Å²) >= 11 is 0. The van der Waals surface area contributed by atoms with E-state index in [1.807, 2.05) is 0 Å². The predicted octanol–water partition coefficient (Wildman–Crippen LogP) is 2.53. The summed E-state index contributed by atoms with van der Waals surface area (Å²) in [6, 6.07) is 0. The largest absolute Gasteiger partial charge is 0.383 e. The van der Waals surface area contributed by atoms with E-state index in [1.165, 1.54) is 0 Å². The molecule has 0 aliphatic rings. The fraction of sp³-hybridized carbons (Fsp3) is 0.923. The molecular weight excluding hydrogens is 281 g/mol. The second-order valence-electron chi connectivity index (χ2n) is 4.33. The van der Waals surface area contributed by atoms with Crippen molar-refractivity contribution < 1.29 is 23.1 Å². The van der Waals surface area contributed by atoms with E-state index in [0.29, 0.717) is 19.7 Å². The standard InChI is InChI=1S/C13H28NO5P/c1-5-8-9-14(10-11-17-4)13(15)12-20(16,18-6-2)19-7-3/h5-12H2,1-4H3. The van der Waals surface area contributed by atoms with Gasteiger partial charge in [-0.15, -0.1) is 0 Å². The molecule has 0 aromatic rings. The zero-order chi connectivity index (χ0) is 15.4. The maximum atomic E-state index is 12.4. The number of methoxy groups -OCH3 is 1. The normalized spacial score (nSPS) is 11.6. The van der Waals surface area contributed by atoms with Crippen molar-refractivity contribution in [2.45, 2.75) is 33.6 Å². The molecule has 7 heteroatoms. The Morgan fingerprint density at radius 2 is 1.70 bits per heavy atom. The van der Waals surface area contributed by atoms with Gasteiger partial charge in [-0.1, -0.05) is 13.3 Å². The molecule has 1 amide bonds. The Bertz CT molecular complexity index is 293. The molecule has 0 aromatic heterocycles. The van der Waals surface area contributed by atoms with Gasteiger partial charge in [-0.2, -0.15) is 0 Å². The van der Waals surface area contributed by atoms with Gasteiger partial charge in [0.05, 0.1) is 19.8 Å². The number of ether oxygens (including phenoxy) is 1. The summed E-state index contributed by atoms with van der Waals surface area (Å²) in [5.41, 5.74) is 0. The van der Waals surface area contributed by atoms with Crippen LogP contribution in [0, 0.1) is 0 Å². The van der Waals surface area contributed by atoms with Gasteiger partial charge in [0, 0.05) is 20.2 Å². The SMILES string of the molecule is CCCCN(CCOC)C(=O)CP(=O)(OCC)OCC. The van der Waals surface area contributed by atoms with Gasteiger partial charge in [0.1, 0.15) is 6.16 Å². The van der Waals surface area contributed by atoms with E-state index < -0.39 is 7.60 Å². The van der Waals surface area contributed by atoms with Crippen molar-refractivity contribution in [3.63, 3.8) is 0 Å². The topological polar surface area (TPSA) is 65.1 Å². The minimum absolute atomic E-state index is 0.206. The zero-order valence-electron chi connectivity index (χ0n) is 13.1. The van der Waals surface area contributed by atoms with Gasteiger partial charge >= 0.3 is 7.60 Å². The molecule has 0 aliphatic carbocycles. The molecule has 0 atom stereocenters. The van der Waals surface area contributed by atoms with Gasteiger partial charge in [-0.3, -0.25) is 9.36 Å². The van der Waals surface area contributed by atoms with Gasteiger partial charge in [0.25, 0.3) is 0 Å². The number of hydrogen-bond donors (Lipinski definition) is 0. The molecule has 0 heterocycles. The number of carbonyl (C=O) groups is 1. The van der Waals surface area contributed by atoms with Crippen LogP contribution in [0.1, 0.15) is 33.6 Å². The molecule has 0 aliphatic heterocycles. The third kappa shape index (κ3) is 8.00. The molecule has 0 bridgehead atoms. The Kier molecular flexibility index (Phi) is 11.0. The van der Waals surface area contributed by atoms with Crippen LogP contribution in [-0.2, 0) is 23.1 Å². The Labute approximate surface area is 122 Å². The lowest BCUT2D eigenvalue weighted by Crippen LogP contribution is -2.37. The Morgan fingerprint density at radius 3 is 2.15 bits per heavy atom. The van der Waals surface area contributed by atoms with E-state index in [4.69, 9.17) is 13.8 Å². The first-order valence-corrected chi connectivity index (χ1v) is 8.90. The Morgan fingerprint density at radius 1 is 1.10 bits per heavy atom. The summed E-state index contributed by atoms with van der Waals surface area (Å²) in [7, 11) is -1.73. The first-order valence-electron chi connectivity index (χ1n) is 7.17. The first-order chi connectivity index (χ1) is 9.52. The van der Waals surface area contributed by atoms with Crippen LogP contribution in [0.25, 0.3) is 0 Å². The van der Waals surface area contributed by atoms with E-state index in [9.17, 15) is 9.36 Å². The second-order valence-corrected chi connectivity index (χ2v) is 6.39. The Balaban J connectivity index is 4.63. The van der Waals surface area contributed by atoms with Crippen LogP contribution in [0.3, 0.4) is 0 Å². The van der Waals surface area contributed by atoms with Crippen LogP contribution in [-0.4, -0.2) is 57.0 Å². The summed E-state index contributed by atoms with van der Waals surface area (Å²) in [6.07, 6.45) is 1.69. The molecule has 0 spiro atoms. The van der Waals surface area contributed by atoms with Crippen molar-refractivity contribution in [1.29, 1.82) is 0 Å². The smallest absolute Gasteiger partial charge is 0.340 e. The molecule has 120 valence electrons. The molecule has 0 aromatic carbocycles. The number of carbonyl (C=O) groups excluding carboxylic acids is 1. The lowest BCUT2D eigenvalue weighted by Gasteiger charge is -2.24. The third-order valence-corrected chi connectivity index (χ3v) is 4.64. The first kappa shape index (κ1) is 19.6. The average Bonchev–Trinajstić information content (AvgIpc) is 2.39. The van der Waals surface area contributed by atoms with Gasteiger partial charge in [-0.05, 0) is 20.3 Å². The number of rotatable bonds is 12. The monoisotopic (exact) mass is 309 g/mol. The third-order valence-electron chi connectivity index (χ3n) is 2.68. The lowest BCUT2D eigenvalue weighted by molar-refractivity contribution is -0.129. The van der Waals surface area contributed by atoms with Gasteiger partial charge in [0.2, 0.25) is 5.91 Å². The highest BCUT2D eigenvalue weighted by atomic mass is 31.2. The van der Waals surface area contributed by atoms with E-state index >= 15 is 0 Å². The molecule has 0 fully saturated rings. The van der Waals surface area contributed by atoms with Gasteiger partial charge in [0.15, 0.2) is 0 Å². The van der Waals surface area contributed by atoms with Crippen molar-refractivity contribution in [3.05, 3.63) is 0 Å². The van der Waals surface area contributed by atoms with Crippen molar-refractivity contribution in [2.75, 3.05) is 46.2 Å². The fourth-order valence-corrected chi connectivity index (χ4v) is 3.27. The van der Waals surface area contributed by atoms with Crippen LogP contribution >= 0.6 is 7.60 Å². The number of unbranched alkanes of at least 4 members (excludes halogenated alkanes) is 1. The average molecular weight is 309 g/mol. The van der Waals surface area contributed by atoms with E-state index in [1.54, 1.807) is 25.9 Å². The number of hydrogen-bond acceptors (Lipinski definition) is 5. The van der Waals surface area contributed by atoms with Crippen LogP contribution < -0.4 is 0 Å². The van der Waals surface area contributed by atoms with Crippen LogP contribution in [0.4, 0.5) is 0 Å². The maximum absolute atomic E-state index is 12.4. The highest BCUT2D eigenvalue weighted by Crippen LogP contribution is 2.47. The molecular formula is C13H28NO5P. The minimum atomic E-state index is -3.33. The Hall–Kier alpha value is -0.420. The maximum Gasteiger partial charge on any atom is 0.340 e. The molecule has 0 N–H and O–H groups in total. The van der Waals surface area contributed by atoms with Crippen LogP contribution in [0.2, 0.25) is 0 Å². The minimum Gasteiger partial charge on any atom is -0.383 e. The predicted molar refractivity (Wildman–Crippen MR) is 79.1 cm³/mol. The van der Waals surface area contributed by atoms with Crippen molar-refractivity contribution in [1.82, 2.24) is 4.90 Å². The molecule has 0 saturated heterocycles. The summed E-state index contributed by atoms with van der Waals surface area (Å²) in [5, 5.41) is 0. The fourth-order valence-electron chi connectivity index (χ4n) is 1.70. The van der Waals surface area contributed by atoms with E-state index in [0.717, 1.165) is 12.8 Å². The number of nitrogens with zero attached hydrogens (tertiary/aromatic N) is 1. The summed E-state index contributed by atoms with van der Waals surface area (Å²) < 4.78 is 27.7. The van der Waals surface area contributed by atoms with Gasteiger partial charge in [-0.25, -0.2) is 0 Å². The highest BCUT2D eigenvalue weighted by molar-refractivity contribution is 7.54. The lowest BCUT2D eigenvalue weighted by atomic mass is 10.3. The summed E-state index contributed by atoms with van der Waals surface area (Å²) in [4.78, 5) is 13.9. The van der Waals surface area contributed by atoms with E-state index in [2.05, 4.69) is 6.92 Å². The van der Waals surface area contributed by atoms with Crippen LogP contribution in [0.5, 0.6) is 0 Å². The molecule has 20 heavy (non-hydrogen) atoms. The van der Waals surface area contributed by atoms with Crippen molar-refractivity contribution >= 4 is 13.5 Å². The quantitative estimate of drug-likeness (QED) is 0.518. The van der Waals surface area contributed by atoms with E-state index in [-0.39, 0.29) is 25.3 Å². The van der Waals surface area contributed by atoms with Crippen LogP contribution in [0.15, 0.2) is 0 Å². The molecule has 6 nitrogen and oxygen atoms in total.